The number of nitrogens with zero attached hydrogens (tertiary/aromatic N) is 1. The fourth-order valence-corrected chi connectivity index (χ4v) is 2.25. The third-order valence-corrected chi connectivity index (χ3v) is 3.51. The lowest BCUT2D eigenvalue weighted by Gasteiger charge is -2.10. The van der Waals surface area contributed by atoms with Crippen LogP contribution in [0.25, 0.3) is 0 Å². The van der Waals surface area contributed by atoms with E-state index in [9.17, 15) is 0 Å². The minimum absolute atomic E-state index is 0.851. The highest BCUT2D eigenvalue weighted by Gasteiger charge is 1.97. The first-order chi connectivity index (χ1) is 9.72. The molecule has 0 aliphatic carbocycles. The van der Waals surface area contributed by atoms with Gasteiger partial charge in [0.1, 0.15) is 5.75 Å². The number of hydrogen-bond donors (Lipinski definition) is 0. The summed E-state index contributed by atoms with van der Waals surface area (Å²) in [5.74, 6) is 1.01. The third-order valence-electron chi connectivity index (χ3n) is 3.51. The highest BCUT2D eigenvalue weighted by atomic mass is 16.5. The van der Waals surface area contributed by atoms with Crippen molar-refractivity contribution in [2.75, 3.05) is 27.2 Å². The van der Waals surface area contributed by atoms with Crippen LogP contribution in [0.15, 0.2) is 24.3 Å². The van der Waals surface area contributed by atoms with Crippen LogP contribution < -0.4 is 4.74 Å². The van der Waals surface area contributed by atoms with Gasteiger partial charge in [-0.05, 0) is 57.6 Å². The Hall–Kier alpha value is -1.02. The largest absolute Gasteiger partial charge is 0.494 e. The van der Waals surface area contributed by atoms with Crippen LogP contribution in [0.3, 0.4) is 0 Å². The molecule has 0 unspecified atom stereocenters. The van der Waals surface area contributed by atoms with E-state index in [1.165, 1.54) is 44.1 Å². The van der Waals surface area contributed by atoms with Gasteiger partial charge < -0.3 is 9.64 Å². The van der Waals surface area contributed by atoms with Crippen LogP contribution in [0.4, 0.5) is 0 Å². The van der Waals surface area contributed by atoms with E-state index in [4.69, 9.17) is 4.74 Å². The molecule has 0 aliphatic heterocycles. The summed E-state index contributed by atoms with van der Waals surface area (Å²) in [6, 6.07) is 8.61. The van der Waals surface area contributed by atoms with E-state index >= 15 is 0 Å². The molecule has 0 spiro atoms. The molecule has 2 heteroatoms. The monoisotopic (exact) mass is 277 g/mol. The summed E-state index contributed by atoms with van der Waals surface area (Å²) in [5.41, 5.74) is 1.40. The molecule has 0 fully saturated rings. The van der Waals surface area contributed by atoms with Crippen LogP contribution in [-0.4, -0.2) is 32.1 Å². The molecule has 0 amide bonds. The Morgan fingerprint density at radius 2 is 1.60 bits per heavy atom. The molecular weight excluding hydrogens is 246 g/mol. The van der Waals surface area contributed by atoms with Crippen LogP contribution >= 0.6 is 0 Å². The first-order valence-electron chi connectivity index (χ1n) is 8.09. The minimum atomic E-state index is 0.851. The van der Waals surface area contributed by atoms with Crippen molar-refractivity contribution >= 4 is 0 Å². The lowest BCUT2D eigenvalue weighted by atomic mass is 10.1. The van der Waals surface area contributed by atoms with E-state index in [0.29, 0.717) is 0 Å². The van der Waals surface area contributed by atoms with Gasteiger partial charge >= 0.3 is 0 Å². The predicted molar refractivity (Wildman–Crippen MR) is 87.6 cm³/mol. The molecule has 114 valence electrons. The van der Waals surface area contributed by atoms with E-state index in [1.807, 2.05) is 0 Å². The Morgan fingerprint density at radius 1 is 0.900 bits per heavy atom. The van der Waals surface area contributed by atoms with E-state index in [0.717, 1.165) is 25.3 Å². The molecule has 0 atom stereocenters. The smallest absolute Gasteiger partial charge is 0.119 e. The molecule has 0 heterocycles. The highest BCUT2D eigenvalue weighted by molar-refractivity contribution is 5.27. The molecule has 0 saturated heterocycles. The molecule has 0 radical (unpaired) electrons. The summed E-state index contributed by atoms with van der Waals surface area (Å²) in [4.78, 5) is 2.23. The van der Waals surface area contributed by atoms with Gasteiger partial charge in [0, 0.05) is 0 Å². The second-order valence-corrected chi connectivity index (χ2v) is 5.81. The van der Waals surface area contributed by atoms with Crippen molar-refractivity contribution in [2.24, 2.45) is 0 Å². The molecule has 0 N–H and O–H groups in total. The number of unbranched alkanes of at least 4 members (excludes halogenated alkanes) is 4. The quantitative estimate of drug-likeness (QED) is 0.551. The third kappa shape index (κ3) is 8.21. The number of benzene rings is 1. The molecule has 1 aromatic carbocycles. The fourth-order valence-electron chi connectivity index (χ4n) is 2.25. The molecule has 1 aromatic rings. The Labute approximate surface area is 125 Å². The van der Waals surface area contributed by atoms with Gasteiger partial charge in [0.25, 0.3) is 0 Å². The molecule has 20 heavy (non-hydrogen) atoms. The maximum Gasteiger partial charge on any atom is 0.119 e. The minimum Gasteiger partial charge on any atom is -0.494 e. The zero-order chi connectivity index (χ0) is 14.6. The number of rotatable bonds is 11. The molecule has 2 nitrogen and oxygen atoms in total. The fraction of sp³-hybridized carbons (Fsp3) is 0.667. The SMILES string of the molecule is CCCCCCCOc1ccc(CCCN(C)C)cc1. The molecule has 0 saturated carbocycles. The van der Waals surface area contributed by atoms with E-state index in [1.54, 1.807) is 0 Å². The van der Waals surface area contributed by atoms with Gasteiger partial charge in [-0.25, -0.2) is 0 Å². The summed E-state index contributed by atoms with van der Waals surface area (Å²) in [6.45, 7) is 4.25. The van der Waals surface area contributed by atoms with Gasteiger partial charge in [-0.1, -0.05) is 44.7 Å². The average Bonchev–Trinajstić information content (AvgIpc) is 2.44. The standard InChI is InChI=1S/C18H31NO/c1-4-5-6-7-8-16-20-18-13-11-17(12-14-18)10-9-15-19(2)3/h11-14H,4-10,15-16H2,1-3H3. The molecule has 0 bridgehead atoms. The zero-order valence-corrected chi connectivity index (χ0v) is 13.5. The Balaban J connectivity index is 2.15. The van der Waals surface area contributed by atoms with Crippen molar-refractivity contribution in [1.82, 2.24) is 4.90 Å². The maximum atomic E-state index is 5.78. The molecule has 0 aliphatic rings. The summed E-state index contributed by atoms with van der Waals surface area (Å²) >= 11 is 0. The van der Waals surface area contributed by atoms with Gasteiger partial charge in [-0.2, -0.15) is 0 Å². The van der Waals surface area contributed by atoms with Crippen molar-refractivity contribution < 1.29 is 4.74 Å². The molecule has 0 aromatic heterocycles. The van der Waals surface area contributed by atoms with Crippen LogP contribution in [0.1, 0.15) is 51.0 Å². The van der Waals surface area contributed by atoms with Crippen LogP contribution in [0.2, 0.25) is 0 Å². The summed E-state index contributed by atoms with van der Waals surface area (Å²) in [7, 11) is 4.24. The van der Waals surface area contributed by atoms with Crippen molar-refractivity contribution in [3.63, 3.8) is 0 Å². The highest BCUT2D eigenvalue weighted by Crippen LogP contribution is 2.14. The number of hydrogen-bond acceptors (Lipinski definition) is 2. The number of aryl methyl sites for hydroxylation is 1. The van der Waals surface area contributed by atoms with E-state index in [-0.39, 0.29) is 0 Å². The Bertz CT molecular complexity index is 332. The molecule has 1 rings (SSSR count). The lowest BCUT2D eigenvalue weighted by molar-refractivity contribution is 0.304. The second kappa shape index (κ2) is 10.7. The Kier molecular flexibility index (Phi) is 9.14. The van der Waals surface area contributed by atoms with Crippen molar-refractivity contribution in [3.05, 3.63) is 29.8 Å². The first kappa shape index (κ1) is 17.0. The van der Waals surface area contributed by atoms with Gasteiger partial charge in [-0.3, -0.25) is 0 Å². The van der Waals surface area contributed by atoms with Gasteiger partial charge in [0.15, 0.2) is 0 Å². The van der Waals surface area contributed by atoms with Crippen LogP contribution in [-0.2, 0) is 6.42 Å². The van der Waals surface area contributed by atoms with E-state index in [2.05, 4.69) is 50.2 Å². The van der Waals surface area contributed by atoms with Crippen LogP contribution in [0, 0.1) is 0 Å². The van der Waals surface area contributed by atoms with Gasteiger partial charge in [0.05, 0.1) is 6.61 Å². The summed E-state index contributed by atoms with van der Waals surface area (Å²) < 4.78 is 5.78. The topological polar surface area (TPSA) is 12.5 Å². The van der Waals surface area contributed by atoms with Crippen molar-refractivity contribution in [2.45, 2.75) is 51.9 Å². The average molecular weight is 277 g/mol. The first-order valence-corrected chi connectivity index (χ1v) is 8.09. The lowest BCUT2D eigenvalue weighted by Crippen LogP contribution is -2.13. The van der Waals surface area contributed by atoms with Gasteiger partial charge in [-0.15, -0.1) is 0 Å². The normalized spacial score (nSPS) is 11.0. The Morgan fingerprint density at radius 3 is 2.25 bits per heavy atom. The summed E-state index contributed by atoms with van der Waals surface area (Å²) in [5, 5.41) is 0. The zero-order valence-electron chi connectivity index (χ0n) is 13.5. The maximum absolute atomic E-state index is 5.78. The van der Waals surface area contributed by atoms with Crippen LogP contribution in [0.5, 0.6) is 5.75 Å². The van der Waals surface area contributed by atoms with Crippen molar-refractivity contribution in [3.8, 4) is 5.75 Å². The predicted octanol–water partition coefficient (Wildman–Crippen LogP) is 4.53. The summed E-state index contributed by atoms with van der Waals surface area (Å²) in [6.07, 6.45) is 8.81. The molecular formula is C18H31NO. The number of ether oxygens (including phenoxy) is 1. The van der Waals surface area contributed by atoms with Gasteiger partial charge in [0.2, 0.25) is 0 Å². The van der Waals surface area contributed by atoms with Crippen molar-refractivity contribution in [1.29, 1.82) is 0 Å². The van der Waals surface area contributed by atoms with E-state index < -0.39 is 0 Å². The second-order valence-electron chi connectivity index (χ2n) is 5.81.